The van der Waals surface area contributed by atoms with Gasteiger partial charge in [-0.05, 0) is 62.1 Å². The Hall–Kier alpha value is -3.02. The van der Waals surface area contributed by atoms with Crippen LogP contribution in [0.4, 0.5) is 16.2 Å². The number of para-hydroxylation sites is 1. The molecule has 1 heterocycles. The number of rotatable bonds is 4. The quantitative estimate of drug-likeness (QED) is 0.779. The molecule has 0 radical (unpaired) electrons. The van der Waals surface area contributed by atoms with E-state index in [0.717, 1.165) is 18.5 Å². The Balaban J connectivity index is 1.65. The smallest absolute Gasteiger partial charge is 0.339 e. The maximum atomic E-state index is 12.8. The summed E-state index contributed by atoms with van der Waals surface area (Å²) in [7, 11) is 1.33. The van der Waals surface area contributed by atoms with Crippen molar-refractivity contribution in [2.75, 3.05) is 30.8 Å². The predicted octanol–water partition coefficient (Wildman–Crippen LogP) is 4.20. The number of carbonyl (C=O) groups excluding carboxylic acids is 2. The van der Waals surface area contributed by atoms with E-state index in [0.29, 0.717) is 24.3 Å². The molecule has 1 fully saturated rings. The number of carbonyl (C=O) groups is 2. The third-order valence-electron chi connectivity index (χ3n) is 5.16. The van der Waals surface area contributed by atoms with Gasteiger partial charge in [-0.25, -0.2) is 9.59 Å². The van der Waals surface area contributed by atoms with Crippen LogP contribution in [0.25, 0.3) is 0 Å². The molecule has 1 aliphatic heterocycles. The first-order chi connectivity index (χ1) is 13.5. The van der Waals surface area contributed by atoms with Crippen LogP contribution in [0.15, 0.2) is 42.5 Å². The standard InChI is InChI=1S/C22H27N3O3/c1-15-10-11-17(13-16(15)2)23-18-7-6-12-25(14-18)22(27)24-20-9-5-4-8-19(20)21(26)28-3/h4-5,8-11,13,18,23H,6-7,12,14H2,1-3H3,(H,24,27). The fraction of sp³-hybridized carbons (Fsp3) is 0.364. The second kappa shape index (κ2) is 8.78. The molecular weight excluding hydrogens is 354 g/mol. The summed E-state index contributed by atoms with van der Waals surface area (Å²) in [6.45, 7) is 5.49. The van der Waals surface area contributed by atoms with Gasteiger partial charge in [0.1, 0.15) is 0 Å². The van der Waals surface area contributed by atoms with Crippen molar-refractivity contribution in [3.05, 3.63) is 59.2 Å². The molecule has 0 bridgehead atoms. The number of aryl methyl sites for hydroxylation is 2. The lowest BCUT2D eigenvalue weighted by Gasteiger charge is -2.34. The molecule has 0 aliphatic carbocycles. The van der Waals surface area contributed by atoms with E-state index in [1.807, 2.05) is 0 Å². The lowest BCUT2D eigenvalue weighted by atomic mass is 10.0. The molecular formula is C22H27N3O3. The van der Waals surface area contributed by atoms with E-state index < -0.39 is 5.97 Å². The fourth-order valence-electron chi connectivity index (χ4n) is 3.42. The average molecular weight is 381 g/mol. The van der Waals surface area contributed by atoms with E-state index in [1.165, 1.54) is 18.2 Å². The number of urea groups is 1. The fourth-order valence-corrected chi connectivity index (χ4v) is 3.42. The predicted molar refractivity (Wildman–Crippen MR) is 111 cm³/mol. The number of anilines is 2. The number of hydrogen-bond donors (Lipinski definition) is 2. The van der Waals surface area contributed by atoms with Gasteiger partial charge in [-0.1, -0.05) is 18.2 Å². The van der Waals surface area contributed by atoms with Crippen molar-refractivity contribution >= 4 is 23.4 Å². The van der Waals surface area contributed by atoms with E-state index in [9.17, 15) is 9.59 Å². The number of piperidine rings is 1. The highest BCUT2D eigenvalue weighted by Crippen LogP contribution is 2.21. The summed E-state index contributed by atoms with van der Waals surface area (Å²) in [6, 6.07) is 13.2. The van der Waals surface area contributed by atoms with Crippen molar-refractivity contribution in [3.8, 4) is 0 Å². The van der Waals surface area contributed by atoms with Crippen LogP contribution in [0, 0.1) is 13.8 Å². The highest BCUT2D eigenvalue weighted by molar-refractivity contribution is 6.00. The first kappa shape index (κ1) is 19.7. The molecule has 2 N–H and O–H groups in total. The third kappa shape index (κ3) is 4.63. The van der Waals surface area contributed by atoms with Gasteiger partial charge in [0.2, 0.25) is 0 Å². The second-order valence-electron chi connectivity index (χ2n) is 7.20. The van der Waals surface area contributed by atoms with E-state index in [1.54, 1.807) is 29.2 Å². The lowest BCUT2D eigenvalue weighted by Crippen LogP contribution is -2.46. The number of likely N-dealkylation sites (tertiary alicyclic amines) is 1. The monoisotopic (exact) mass is 381 g/mol. The van der Waals surface area contributed by atoms with Crippen LogP contribution in [0.2, 0.25) is 0 Å². The number of benzene rings is 2. The van der Waals surface area contributed by atoms with Crippen LogP contribution in [-0.2, 0) is 4.74 Å². The first-order valence-electron chi connectivity index (χ1n) is 9.55. The third-order valence-corrected chi connectivity index (χ3v) is 5.16. The van der Waals surface area contributed by atoms with Crippen molar-refractivity contribution in [1.29, 1.82) is 0 Å². The highest BCUT2D eigenvalue weighted by atomic mass is 16.5. The van der Waals surface area contributed by atoms with Gasteiger partial charge in [-0.15, -0.1) is 0 Å². The van der Waals surface area contributed by atoms with Gasteiger partial charge in [0.25, 0.3) is 0 Å². The molecule has 1 unspecified atom stereocenters. The van der Waals surface area contributed by atoms with Crippen molar-refractivity contribution in [3.63, 3.8) is 0 Å². The molecule has 3 rings (SSSR count). The zero-order valence-electron chi connectivity index (χ0n) is 16.6. The molecule has 6 nitrogen and oxygen atoms in total. The number of nitrogens with zero attached hydrogens (tertiary/aromatic N) is 1. The molecule has 2 aromatic rings. The zero-order chi connectivity index (χ0) is 20.1. The first-order valence-corrected chi connectivity index (χ1v) is 9.55. The Labute approximate surface area is 165 Å². The van der Waals surface area contributed by atoms with Crippen molar-refractivity contribution in [1.82, 2.24) is 4.90 Å². The van der Waals surface area contributed by atoms with Crippen LogP contribution in [-0.4, -0.2) is 43.1 Å². The molecule has 1 atom stereocenters. The summed E-state index contributed by atoms with van der Waals surface area (Å²) in [4.78, 5) is 26.5. The zero-order valence-corrected chi connectivity index (χ0v) is 16.6. The molecule has 1 aliphatic rings. The number of hydrogen-bond acceptors (Lipinski definition) is 4. The maximum absolute atomic E-state index is 12.8. The maximum Gasteiger partial charge on any atom is 0.339 e. The van der Waals surface area contributed by atoms with E-state index >= 15 is 0 Å². The normalized spacial score (nSPS) is 16.4. The Morgan fingerprint density at radius 1 is 1.11 bits per heavy atom. The Morgan fingerprint density at radius 2 is 1.89 bits per heavy atom. The Kier molecular flexibility index (Phi) is 6.19. The molecule has 0 saturated carbocycles. The summed E-state index contributed by atoms with van der Waals surface area (Å²) < 4.78 is 4.79. The number of ether oxygens (including phenoxy) is 1. The van der Waals surface area contributed by atoms with E-state index in [4.69, 9.17) is 4.74 Å². The van der Waals surface area contributed by atoms with Crippen LogP contribution < -0.4 is 10.6 Å². The van der Waals surface area contributed by atoms with Crippen LogP contribution >= 0.6 is 0 Å². The topological polar surface area (TPSA) is 70.7 Å². The van der Waals surface area contributed by atoms with Crippen molar-refractivity contribution in [2.45, 2.75) is 32.7 Å². The SMILES string of the molecule is COC(=O)c1ccccc1NC(=O)N1CCCC(Nc2ccc(C)c(C)c2)C1. The molecule has 2 amide bonds. The molecule has 0 spiro atoms. The van der Waals surface area contributed by atoms with Crippen LogP contribution in [0.1, 0.15) is 34.3 Å². The number of methoxy groups -OCH3 is 1. The van der Waals surface area contributed by atoms with Crippen molar-refractivity contribution < 1.29 is 14.3 Å². The van der Waals surface area contributed by atoms with Gasteiger partial charge >= 0.3 is 12.0 Å². The molecule has 148 valence electrons. The second-order valence-corrected chi connectivity index (χ2v) is 7.20. The van der Waals surface area contributed by atoms with E-state index in [2.05, 4.69) is 42.7 Å². The summed E-state index contributed by atoms with van der Waals surface area (Å²) in [5, 5.41) is 6.40. The lowest BCUT2D eigenvalue weighted by molar-refractivity contribution is 0.0602. The van der Waals surface area contributed by atoms with Gasteiger partial charge in [0.05, 0.1) is 18.4 Å². The van der Waals surface area contributed by atoms with Crippen LogP contribution in [0.3, 0.4) is 0 Å². The van der Waals surface area contributed by atoms with Gasteiger partial charge < -0.3 is 20.3 Å². The summed E-state index contributed by atoms with van der Waals surface area (Å²) in [6.07, 6.45) is 1.93. The number of amides is 2. The average Bonchev–Trinajstić information content (AvgIpc) is 2.71. The molecule has 0 aromatic heterocycles. The molecule has 1 saturated heterocycles. The Bertz CT molecular complexity index is 866. The molecule has 6 heteroatoms. The summed E-state index contributed by atoms with van der Waals surface area (Å²) >= 11 is 0. The van der Waals surface area contributed by atoms with Gasteiger partial charge in [-0.3, -0.25) is 0 Å². The minimum Gasteiger partial charge on any atom is -0.465 e. The minimum atomic E-state index is -0.469. The Morgan fingerprint density at radius 3 is 2.64 bits per heavy atom. The molecule has 2 aromatic carbocycles. The van der Waals surface area contributed by atoms with Gasteiger partial charge in [0, 0.05) is 24.8 Å². The molecule has 28 heavy (non-hydrogen) atoms. The summed E-state index contributed by atoms with van der Waals surface area (Å²) in [5.74, 6) is -0.469. The minimum absolute atomic E-state index is 0.192. The van der Waals surface area contributed by atoms with Crippen LogP contribution in [0.5, 0.6) is 0 Å². The van der Waals surface area contributed by atoms with E-state index in [-0.39, 0.29) is 12.1 Å². The van der Waals surface area contributed by atoms with Gasteiger partial charge in [0.15, 0.2) is 0 Å². The summed E-state index contributed by atoms with van der Waals surface area (Å²) in [5.41, 5.74) is 4.39. The van der Waals surface area contributed by atoms with Gasteiger partial charge in [-0.2, -0.15) is 0 Å². The van der Waals surface area contributed by atoms with Crippen molar-refractivity contribution in [2.24, 2.45) is 0 Å². The number of nitrogens with one attached hydrogen (secondary N) is 2. The number of esters is 1. The highest BCUT2D eigenvalue weighted by Gasteiger charge is 2.24. The largest absolute Gasteiger partial charge is 0.465 e.